The van der Waals surface area contributed by atoms with Gasteiger partial charge in [0.1, 0.15) is 0 Å². The molecule has 0 saturated heterocycles. The van der Waals surface area contributed by atoms with Crippen molar-refractivity contribution in [1.29, 1.82) is 0 Å². The molecular weight excluding hydrogens is 248 g/mol. The van der Waals surface area contributed by atoms with E-state index >= 15 is 0 Å². The van der Waals surface area contributed by atoms with Crippen molar-refractivity contribution in [3.8, 4) is 0 Å². The monoisotopic (exact) mass is 270 g/mol. The molecular formula is C13H22N2O2S. The first-order chi connectivity index (χ1) is 8.13. The molecule has 0 bridgehead atoms. The van der Waals surface area contributed by atoms with Crippen LogP contribution >= 0.6 is 0 Å². The van der Waals surface area contributed by atoms with Crippen LogP contribution in [0.15, 0.2) is 24.3 Å². The third kappa shape index (κ3) is 3.63. The first-order valence-electron chi connectivity index (χ1n) is 5.92. The highest BCUT2D eigenvalue weighted by atomic mass is 32.2. The Morgan fingerprint density at radius 1 is 1.17 bits per heavy atom. The zero-order valence-corrected chi connectivity index (χ0v) is 12.3. The lowest BCUT2D eigenvalue weighted by atomic mass is 10.2. The van der Waals surface area contributed by atoms with Crippen LogP contribution in [-0.2, 0) is 9.84 Å². The molecule has 0 aliphatic rings. The first kappa shape index (κ1) is 14.8. The van der Waals surface area contributed by atoms with E-state index in [0.29, 0.717) is 12.2 Å². The van der Waals surface area contributed by atoms with Crippen molar-refractivity contribution in [2.24, 2.45) is 0 Å². The maximum Gasteiger partial charge on any atom is 0.156 e. The molecule has 0 unspecified atom stereocenters. The Kier molecular flexibility index (Phi) is 4.27. The Hall–Kier alpha value is -1.23. The van der Waals surface area contributed by atoms with Crippen LogP contribution in [0, 0.1) is 0 Å². The third-order valence-electron chi connectivity index (χ3n) is 2.96. The molecule has 0 fully saturated rings. The van der Waals surface area contributed by atoms with Gasteiger partial charge in [0.25, 0.3) is 0 Å². The average Bonchev–Trinajstić information content (AvgIpc) is 2.25. The van der Waals surface area contributed by atoms with Crippen molar-refractivity contribution in [3.63, 3.8) is 0 Å². The average molecular weight is 270 g/mol. The van der Waals surface area contributed by atoms with Gasteiger partial charge in [0.15, 0.2) is 9.84 Å². The summed E-state index contributed by atoms with van der Waals surface area (Å²) in [6, 6.07) is 7.40. The van der Waals surface area contributed by atoms with Crippen LogP contribution in [0.5, 0.6) is 0 Å². The van der Waals surface area contributed by atoms with Gasteiger partial charge in [-0.2, -0.15) is 0 Å². The number of sulfone groups is 1. The maximum atomic E-state index is 12.0. The minimum atomic E-state index is -3.08. The Morgan fingerprint density at radius 2 is 1.67 bits per heavy atom. The second-order valence-corrected chi connectivity index (χ2v) is 8.31. The van der Waals surface area contributed by atoms with Crippen LogP contribution in [-0.4, -0.2) is 32.5 Å². The number of nitrogen functional groups attached to an aromatic ring is 1. The molecule has 1 aromatic carbocycles. The van der Waals surface area contributed by atoms with Crippen molar-refractivity contribution < 1.29 is 8.42 Å². The molecule has 2 N–H and O–H groups in total. The van der Waals surface area contributed by atoms with Gasteiger partial charge < -0.3 is 10.6 Å². The number of hydrogen-bond acceptors (Lipinski definition) is 4. The fraction of sp³-hybridized carbons (Fsp3) is 0.538. The molecule has 0 aliphatic heterocycles. The summed E-state index contributed by atoms with van der Waals surface area (Å²) in [5, 5.41) is 0. The van der Waals surface area contributed by atoms with Crippen molar-refractivity contribution in [3.05, 3.63) is 24.3 Å². The normalized spacial score (nSPS) is 12.4. The highest BCUT2D eigenvalue weighted by Gasteiger charge is 2.28. The van der Waals surface area contributed by atoms with Crippen LogP contribution in [0.2, 0.25) is 0 Å². The van der Waals surface area contributed by atoms with Gasteiger partial charge in [-0.3, -0.25) is 0 Å². The van der Waals surface area contributed by atoms with Crippen LogP contribution in [0.3, 0.4) is 0 Å². The van der Waals surface area contributed by atoms with Gasteiger partial charge >= 0.3 is 0 Å². The zero-order valence-electron chi connectivity index (χ0n) is 11.5. The van der Waals surface area contributed by atoms with E-state index in [4.69, 9.17) is 5.73 Å². The lowest BCUT2D eigenvalue weighted by Gasteiger charge is -2.23. The predicted molar refractivity (Wildman–Crippen MR) is 77.7 cm³/mol. The third-order valence-corrected chi connectivity index (χ3v) is 5.55. The van der Waals surface area contributed by atoms with Crippen LogP contribution in [0.4, 0.5) is 11.4 Å². The maximum absolute atomic E-state index is 12.0. The lowest BCUT2D eigenvalue weighted by molar-refractivity contribution is 0.559. The molecule has 1 aromatic rings. The quantitative estimate of drug-likeness (QED) is 0.849. The van der Waals surface area contributed by atoms with Gasteiger partial charge in [-0.15, -0.1) is 0 Å². The highest BCUT2D eigenvalue weighted by molar-refractivity contribution is 7.92. The summed E-state index contributed by atoms with van der Waals surface area (Å²) in [5.41, 5.74) is 7.28. The van der Waals surface area contributed by atoms with E-state index in [2.05, 4.69) is 0 Å². The van der Waals surface area contributed by atoms with Crippen LogP contribution < -0.4 is 10.6 Å². The van der Waals surface area contributed by atoms with Gasteiger partial charge in [0, 0.05) is 25.0 Å². The summed E-state index contributed by atoms with van der Waals surface area (Å²) in [6.45, 7) is 5.66. The van der Waals surface area contributed by atoms with Crippen molar-refractivity contribution in [2.75, 3.05) is 30.0 Å². The number of anilines is 2. The van der Waals surface area contributed by atoms with Crippen LogP contribution in [0.1, 0.15) is 20.8 Å². The molecule has 0 aromatic heterocycles. The molecule has 0 amide bonds. The van der Waals surface area contributed by atoms with E-state index in [0.717, 1.165) is 5.69 Å². The molecule has 0 saturated carbocycles. The Bertz CT molecular complexity index is 487. The van der Waals surface area contributed by atoms with E-state index in [1.165, 1.54) is 0 Å². The fourth-order valence-corrected chi connectivity index (χ4v) is 2.55. The smallest absolute Gasteiger partial charge is 0.156 e. The molecule has 0 aliphatic carbocycles. The van der Waals surface area contributed by atoms with E-state index in [-0.39, 0.29) is 5.75 Å². The molecule has 0 radical (unpaired) electrons. The molecule has 102 valence electrons. The first-order valence-corrected chi connectivity index (χ1v) is 7.58. The minimum Gasteiger partial charge on any atom is -0.399 e. The second kappa shape index (κ2) is 5.18. The van der Waals surface area contributed by atoms with Crippen molar-refractivity contribution in [2.45, 2.75) is 25.5 Å². The number of hydrogen-bond donors (Lipinski definition) is 1. The number of nitrogens with two attached hydrogens (primary N) is 1. The van der Waals surface area contributed by atoms with Gasteiger partial charge in [0.05, 0.1) is 10.5 Å². The molecule has 0 spiro atoms. The van der Waals surface area contributed by atoms with E-state index in [1.54, 1.807) is 20.8 Å². The largest absolute Gasteiger partial charge is 0.399 e. The summed E-state index contributed by atoms with van der Waals surface area (Å²) < 4.78 is 23.3. The van der Waals surface area contributed by atoms with E-state index in [1.807, 2.05) is 36.2 Å². The topological polar surface area (TPSA) is 63.4 Å². The fourth-order valence-electron chi connectivity index (χ4n) is 1.42. The summed E-state index contributed by atoms with van der Waals surface area (Å²) in [6.07, 6.45) is 0. The Morgan fingerprint density at radius 3 is 2.11 bits per heavy atom. The summed E-state index contributed by atoms with van der Waals surface area (Å²) >= 11 is 0. The predicted octanol–water partition coefficient (Wildman–Crippen LogP) is 1.92. The Balaban J connectivity index is 2.67. The lowest BCUT2D eigenvalue weighted by Crippen LogP contribution is -2.35. The minimum absolute atomic E-state index is 0.150. The van der Waals surface area contributed by atoms with Gasteiger partial charge in [-0.25, -0.2) is 8.42 Å². The summed E-state index contributed by atoms with van der Waals surface area (Å²) in [7, 11) is -1.20. The van der Waals surface area contributed by atoms with E-state index in [9.17, 15) is 8.42 Å². The van der Waals surface area contributed by atoms with Crippen molar-refractivity contribution in [1.82, 2.24) is 0 Å². The van der Waals surface area contributed by atoms with Crippen LogP contribution in [0.25, 0.3) is 0 Å². The standard InChI is InChI=1S/C13H22N2O2S/c1-13(2,3)18(16,17)10-9-15(4)12-7-5-11(14)6-8-12/h5-8H,9-10,14H2,1-4H3. The molecule has 0 atom stereocenters. The molecule has 0 heterocycles. The van der Waals surface area contributed by atoms with Gasteiger partial charge in [-0.1, -0.05) is 0 Å². The number of benzene rings is 1. The molecule has 4 nitrogen and oxygen atoms in total. The number of rotatable bonds is 4. The molecule has 5 heteroatoms. The number of nitrogens with zero attached hydrogens (tertiary/aromatic N) is 1. The highest BCUT2D eigenvalue weighted by Crippen LogP contribution is 2.18. The summed E-state index contributed by atoms with van der Waals surface area (Å²) in [4.78, 5) is 1.92. The Labute approximate surface area is 110 Å². The van der Waals surface area contributed by atoms with Crippen molar-refractivity contribution >= 4 is 21.2 Å². The second-order valence-electron chi connectivity index (χ2n) is 5.44. The van der Waals surface area contributed by atoms with Gasteiger partial charge in [0.2, 0.25) is 0 Å². The van der Waals surface area contributed by atoms with Gasteiger partial charge in [-0.05, 0) is 45.0 Å². The molecule has 1 rings (SSSR count). The van der Waals surface area contributed by atoms with E-state index < -0.39 is 14.6 Å². The SMILES string of the molecule is CN(CCS(=O)(=O)C(C)(C)C)c1ccc(N)cc1. The summed E-state index contributed by atoms with van der Waals surface area (Å²) in [5.74, 6) is 0.150. The molecule has 18 heavy (non-hydrogen) atoms. The zero-order chi connectivity index (χ0) is 14.0.